The first kappa shape index (κ1) is 26.1. The summed E-state index contributed by atoms with van der Waals surface area (Å²) in [4.78, 5) is 46.5. The van der Waals surface area contributed by atoms with Gasteiger partial charge in [0.1, 0.15) is 10.7 Å². The van der Waals surface area contributed by atoms with Gasteiger partial charge in [0, 0.05) is 15.0 Å². The van der Waals surface area contributed by atoms with Gasteiger partial charge in [0.2, 0.25) is 11.9 Å². The van der Waals surface area contributed by atoms with Crippen molar-refractivity contribution >= 4 is 56.5 Å². The Hall–Kier alpha value is -3.47. The van der Waals surface area contributed by atoms with Crippen LogP contribution in [0.1, 0.15) is 27.6 Å². The number of carbonyl (C=O) groups excluding carboxylic acids is 2. The highest BCUT2D eigenvalue weighted by molar-refractivity contribution is 14.1. The Kier molecular flexibility index (Phi) is 7.79. The van der Waals surface area contributed by atoms with E-state index in [1.54, 1.807) is 19.9 Å². The number of nitrogens with zero attached hydrogens (tertiary/aromatic N) is 6. The maximum atomic E-state index is 13.4. The van der Waals surface area contributed by atoms with Crippen LogP contribution in [0.15, 0.2) is 29.2 Å². The Labute approximate surface area is 214 Å². The number of urea groups is 1. The van der Waals surface area contributed by atoms with Gasteiger partial charge in [-0.05, 0) is 67.6 Å². The van der Waals surface area contributed by atoms with Crippen molar-refractivity contribution in [2.24, 2.45) is 0 Å². The van der Waals surface area contributed by atoms with Crippen molar-refractivity contribution in [3.8, 4) is 6.01 Å². The number of carbonyl (C=O) groups is 2. The van der Waals surface area contributed by atoms with Crippen LogP contribution in [-0.4, -0.2) is 59.6 Å². The number of amides is 2. The van der Waals surface area contributed by atoms with Crippen LogP contribution in [0.25, 0.3) is 0 Å². The van der Waals surface area contributed by atoms with Gasteiger partial charge in [0.05, 0.1) is 19.8 Å². The summed E-state index contributed by atoms with van der Waals surface area (Å²) >= 11 is 1.88. The largest absolute Gasteiger partial charge is 0.467 e. The molecule has 0 spiro atoms. The van der Waals surface area contributed by atoms with E-state index in [0.29, 0.717) is 15.0 Å². The molecule has 0 radical (unpaired) electrons. The van der Waals surface area contributed by atoms with Crippen LogP contribution in [0, 0.1) is 24.3 Å². The molecule has 13 nitrogen and oxygen atoms in total. The number of anilines is 2. The lowest BCUT2D eigenvalue weighted by Crippen LogP contribution is -2.42. The van der Waals surface area contributed by atoms with E-state index in [-0.39, 0.29) is 29.3 Å². The molecular formula is C20H20IN7O6S. The van der Waals surface area contributed by atoms with Gasteiger partial charge in [-0.15, -0.1) is 0 Å². The smallest absolute Gasteiger partial charge is 0.345 e. The van der Waals surface area contributed by atoms with Gasteiger partial charge in [0.25, 0.3) is 10.0 Å². The molecular weight excluding hydrogens is 593 g/mol. The average Bonchev–Trinajstić information content (AvgIpc) is 2.77. The van der Waals surface area contributed by atoms with Gasteiger partial charge < -0.3 is 9.47 Å². The third kappa shape index (κ3) is 5.97. The van der Waals surface area contributed by atoms with Crippen molar-refractivity contribution in [1.29, 1.82) is 0 Å². The summed E-state index contributed by atoms with van der Waals surface area (Å²) < 4.78 is 38.7. The molecule has 0 atom stereocenters. The quantitative estimate of drug-likeness (QED) is 0.320. The van der Waals surface area contributed by atoms with Crippen molar-refractivity contribution in [3.05, 3.63) is 50.6 Å². The summed E-state index contributed by atoms with van der Waals surface area (Å²) in [6.45, 7) is 4.90. The van der Waals surface area contributed by atoms with Crippen LogP contribution in [0.2, 0.25) is 0 Å². The van der Waals surface area contributed by atoms with Gasteiger partial charge in [0.15, 0.2) is 0 Å². The SMILES string of the molecule is COC(=O)c1ccc(I)cc1S(=O)(=O)NC(=O)N(c1nc(C)cc(C)n1)c1nc(C)nc(OC)n1. The molecule has 0 aliphatic heterocycles. The minimum Gasteiger partial charge on any atom is -0.467 e. The molecule has 0 unspecified atom stereocenters. The highest BCUT2D eigenvalue weighted by Crippen LogP contribution is 2.24. The van der Waals surface area contributed by atoms with E-state index in [1.807, 2.05) is 27.3 Å². The summed E-state index contributed by atoms with van der Waals surface area (Å²) in [5, 5.41) is 0. The predicted molar refractivity (Wildman–Crippen MR) is 131 cm³/mol. The first-order valence-corrected chi connectivity index (χ1v) is 12.3. The fraction of sp³-hybridized carbons (Fsp3) is 0.250. The van der Waals surface area contributed by atoms with Gasteiger partial charge in [-0.25, -0.2) is 32.7 Å². The average molecular weight is 613 g/mol. The maximum Gasteiger partial charge on any atom is 0.345 e. The number of nitrogens with one attached hydrogen (secondary N) is 1. The summed E-state index contributed by atoms with van der Waals surface area (Å²) in [5.41, 5.74) is 0.771. The number of methoxy groups -OCH3 is 2. The Balaban J connectivity index is 2.14. The van der Waals surface area contributed by atoms with Crippen molar-refractivity contribution in [1.82, 2.24) is 29.6 Å². The Morgan fingerprint density at radius 1 is 0.943 bits per heavy atom. The second-order valence-electron chi connectivity index (χ2n) is 7.00. The van der Waals surface area contributed by atoms with Crippen molar-refractivity contribution in [3.63, 3.8) is 0 Å². The predicted octanol–water partition coefficient (Wildman–Crippen LogP) is 2.22. The monoisotopic (exact) mass is 613 g/mol. The number of rotatable bonds is 6. The standard InChI is InChI=1S/C20H20IN7O6S/c1-10-8-11(2)23-17(22-10)28(18-24-12(3)25-19(26-18)34-5)20(30)27-35(31,32)15-9-13(21)6-7-14(15)16(29)33-4/h6-9H,1-5H3,(H,27,30). The molecule has 0 bridgehead atoms. The van der Waals surface area contributed by atoms with Gasteiger partial charge >= 0.3 is 18.0 Å². The van der Waals surface area contributed by atoms with E-state index in [2.05, 4.69) is 29.7 Å². The summed E-state index contributed by atoms with van der Waals surface area (Å²) in [6.07, 6.45) is 0. The number of aromatic nitrogens is 5. The molecule has 1 N–H and O–H groups in total. The number of halogens is 1. The molecule has 2 aromatic heterocycles. The first-order chi connectivity index (χ1) is 16.4. The molecule has 3 aromatic rings. The topological polar surface area (TPSA) is 166 Å². The number of sulfonamides is 1. The number of ether oxygens (including phenoxy) is 2. The second-order valence-corrected chi connectivity index (χ2v) is 9.89. The molecule has 35 heavy (non-hydrogen) atoms. The van der Waals surface area contributed by atoms with Crippen molar-refractivity contribution in [2.75, 3.05) is 19.1 Å². The number of aryl methyl sites for hydroxylation is 3. The van der Waals surface area contributed by atoms with Crippen LogP contribution in [-0.2, 0) is 14.8 Å². The fourth-order valence-electron chi connectivity index (χ4n) is 2.93. The van der Waals surface area contributed by atoms with E-state index >= 15 is 0 Å². The van der Waals surface area contributed by atoms with Gasteiger partial charge in [-0.3, -0.25) is 0 Å². The fourth-order valence-corrected chi connectivity index (χ4v) is 4.78. The summed E-state index contributed by atoms with van der Waals surface area (Å²) in [5.74, 6) is -1.15. The van der Waals surface area contributed by atoms with E-state index < -0.39 is 26.9 Å². The lowest BCUT2D eigenvalue weighted by molar-refractivity contribution is 0.0596. The zero-order valence-corrected chi connectivity index (χ0v) is 22.2. The number of hydrogen-bond acceptors (Lipinski definition) is 11. The van der Waals surface area contributed by atoms with Crippen LogP contribution < -0.4 is 14.4 Å². The maximum absolute atomic E-state index is 13.4. The number of esters is 1. The highest BCUT2D eigenvalue weighted by atomic mass is 127. The minimum absolute atomic E-state index is 0.108. The second kappa shape index (κ2) is 10.4. The normalized spacial score (nSPS) is 11.0. The molecule has 1 aromatic carbocycles. The zero-order chi connectivity index (χ0) is 25.9. The third-order valence-corrected chi connectivity index (χ3v) is 6.36. The molecule has 0 saturated heterocycles. The van der Waals surface area contributed by atoms with Gasteiger partial charge in [-0.2, -0.15) is 19.9 Å². The third-order valence-electron chi connectivity index (χ3n) is 4.33. The molecule has 0 aliphatic carbocycles. The van der Waals surface area contributed by atoms with E-state index in [1.165, 1.54) is 32.2 Å². The molecule has 0 fully saturated rings. The molecule has 3 rings (SSSR count). The van der Waals surface area contributed by atoms with Crippen molar-refractivity contribution in [2.45, 2.75) is 25.7 Å². The first-order valence-electron chi connectivity index (χ1n) is 9.79. The number of benzene rings is 1. The number of hydrogen-bond donors (Lipinski definition) is 1. The molecule has 15 heteroatoms. The molecule has 0 aliphatic rings. The van der Waals surface area contributed by atoms with Crippen molar-refractivity contribution < 1.29 is 27.5 Å². The molecule has 184 valence electrons. The lowest BCUT2D eigenvalue weighted by Gasteiger charge is -2.20. The molecule has 0 saturated carbocycles. The zero-order valence-electron chi connectivity index (χ0n) is 19.2. The summed E-state index contributed by atoms with van der Waals surface area (Å²) in [7, 11) is -2.14. The van der Waals surface area contributed by atoms with Crippen LogP contribution in [0.5, 0.6) is 6.01 Å². The Morgan fingerprint density at radius 2 is 1.57 bits per heavy atom. The van der Waals surface area contributed by atoms with E-state index in [4.69, 9.17) is 4.74 Å². The Bertz CT molecular complexity index is 1400. The van der Waals surface area contributed by atoms with Gasteiger partial charge in [-0.1, -0.05) is 0 Å². The molecule has 2 amide bonds. The summed E-state index contributed by atoms with van der Waals surface area (Å²) in [6, 6.07) is 4.42. The van der Waals surface area contributed by atoms with Crippen LogP contribution in [0.4, 0.5) is 16.7 Å². The molecule has 2 heterocycles. The van der Waals surface area contributed by atoms with E-state index in [9.17, 15) is 18.0 Å². The highest BCUT2D eigenvalue weighted by Gasteiger charge is 2.32. The van der Waals surface area contributed by atoms with Crippen LogP contribution >= 0.6 is 22.6 Å². The van der Waals surface area contributed by atoms with E-state index in [0.717, 1.165) is 12.0 Å². The Morgan fingerprint density at radius 3 is 2.17 bits per heavy atom. The lowest BCUT2D eigenvalue weighted by atomic mass is 10.2. The van der Waals surface area contributed by atoms with Crippen LogP contribution in [0.3, 0.4) is 0 Å². The minimum atomic E-state index is -4.58.